The maximum Gasteiger partial charge on any atom is 0.296 e. The van der Waals surface area contributed by atoms with Crippen molar-refractivity contribution in [2.45, 2.75) is 13.8 Å². The number of nitrogens with zero attached hydrogens (tertiary/aromatic N) is 3. The van der Waals surface area contributed by atoms with Crippen LogP contribution in [0.4, 0.5) is 5.69 Å². The Balaban J connectivity index is 2.46. The van der Waals surface area contributed by atoms with E-state index in [1.54, 1.807) is 0 Å². The minimum atomic E-state index is 0.924. The van der Waals surface area contributed by atoms with Crippen molar-refractivity contribution in [2.24, 2.45) is 4.99 Å². The molecular formula is C14H18N3+. The van der Waals surface area contributed by atoms with E-state index in [0.29, 0.717) is 0 Å². The fourth-order valence-electron chi connectivity index (χ4n) is 2.05. The van der Waals surface area contributed by atoms with Gasteiger partial charge in [-0.2, -0.15) is 0 Å². The van der Waals surface area contributed by atoms with Crippen molar-refractivity contribution in [1.29, 1.82) is 0 Å². The Morgan fingerprint density at radius 1 is 1.29 bits per heavy atom. The summed E-state index contributed by atoms with van der Waals surface area (Å²) in [4.78, 5) is 6.54. The van der Waals surface area contributed by atoms with Gasteiger partial charge in [-0.25, -0.2) is 9.48 Å². The summed E-state index contributed by atoms with van der Waals surface area (Å²) in [5.74, 6) is 1.03. The molecule has 3 nitrogen and oxygen atoms in total. The van der Waals surface area contributed by atoms with E-state index in [1.807, 2.05) is 32.2 Å². The quantitative estimate of drug-likeness (QED) is 0.711. The molecule has 0 aromatic heterocycles. The molecule has 1 aromatic carbocycles. The van der Waals surface area contributed by atoms with Gasteiger partial charge in [0.25, 0.3) is 5.84 Å². The Morgan fingerprint density at radius 2 is 2.00 bits per heavy atom. The lowest BCUT2D eigenvalue weighted by atomic mass is 10.2. The molecule has 0 saturated carbocycles. The standard InChI is InChI=1S/C14H18N3/c1-4-13-14(15-3)16(5-2)11-17(13)12-9-7-6-8-10-12/h4,6-11H,5H2,1-3H3/q+1. The Labute approximate surface area is 102 Å². The number of amidine groups is 1. The number of benzene rings is 1. The second-order valence-corrected chi connectivity index (χ2v) is 3.83. The summed E-state index contributed by atoms with van der Waals surface area (Å²) in [5, 5.41) is 0. The molecule has 0 N–H and O–H groups in total. The van der Waals surface area contributed by atoms with Crippen molar-refractivity contribution in [1.82, 2.24) is 0 Å². The summed E-state index contributed by atoms with van der Waals surface area (Å²) in [6, 6.07) is 10.3. The van der Waals surface area contributed by atoms with E-state index in [-0.39, 0.29) is 0 Å². The zero-order valence-electron chi connectivity index (χ0n) is 10.6. The minimum absolute atomic E-state index is 0.924. The molecular weight excluding hydrogens is 210 g/mol. The average molecular weight is 228 g/mol. The lowest BCUT2D eigenvalue weighted by molar-refractivity contribution is -0.394. The number of aliphatic imine (C=N–C) groups is 1. The molecule has 0 aliphatic carbocycles. The highest BCUT2D eigenvalue weighted by Crippen LogP contribution is 2.22. The van der Waals surface area contributed by atoms with Crippen LogP contribution in [0.5, 0.6) is 0 Å². The maximum atomic E-state index is 4.37. The topological polar surface area (TPSA) is 18.6 Å². The van der Waals surface area contributed by atoms with E-state index < -0.39 is 0 Å². The van der Waals surface area contributed by atoms with Gasteiger partial charge in [-0.05, 0) is 32.1 Å². The summed E-state index contributed by atoms with van der Waals surface area (Å²) < 4.78 is 2.16. The van der Waals surface area contributed by atoms with Crippen LogP contribution in [0, 0.1) is 0 Å². The largest absolute Gasteiger partial charge is 0.296 e. The molecule has 1 aliphatic heterocycles. The molecule has 88 valence electrons. The highest BCUT2D eigenvalue weighted by Gasteiger charge is 2.31. The molecule has 0 atom stereocenters. The normalized spacial score (nSPS) is 20.2. The van der Waals surface area contributed by atoms with E-state index in [9.17, 15) is 0 Å². The third kappa shape index (κ3) is 2.00. The third-order valence-electron chi connectivity index (χ3n) is 2.88. The monoisotopic (exact) mass is 228 g/mol. The predicted molar refractivity (Wildman–Crippen MR) is 72.9 cm³/mol. The highest BCUT2D eigenvalue weighted by molar-refractivity contribution is 6.07. The number of likely N-dealkylation sites (N-methyl/N-ethyl adjacent to an activating group) is 1. The van der Waals surface area contributed by atoms with Gasteiger partial charge in [0, 0.05) is 0 Å². The van der Waals surface area contributed by atoms with Crippen molar-refractivity contribution in [3.8, 4) is 0 Å². The molecule has 17 heavy (non-hydrogen) atoms. The van der Waals surface area contributed by atoms with Gasteiger partial charge in [-0.1, -0.05) is 18.2 Å². The maximum absolute atomic E-state index is 4.37. The zero-order valence-corrected chi connectivity index (χ0v) is 10.6. The van der Waals surface area contributed by atoms with Crippen LogP contribution in [-0.2, 0) is 0 Å². The van der Waals surface area contributed by atoms with Crippen LogP contribution in [-0.4, -0.2) is 30.3 Å². The number of allylic oxidation sites excluding steroid dienone is 1. The molecule has 1 aliphatic rings. The smallest absolute Gasteiger partial charge is 0.233 e. The third-order valence-corrected chi connectivity index (χ3v) is 2.88. The van der Waals surface area contributed by atoms with Gasteiger partial charge in [-0.15, -0.1) is 4.99 Å². The number of hydrogen-bond donors (Lipinski definition) is 0. The fourth-order valence-corrected chi connectivity index (χ4v) is 2.05. The van der Waals surface area contributed by atoms with Crippen molar-refractivity contribution in [2.75, 3.05) is 18.5 Å². The second-order valence-electron chi connectivity index (χ2n) is 3.83. The molecule has 1 aromatic rings. The Kier molecular flexibility index (Phi) is 3.38. The van der Waals surface area contributed by atoms with E-state index in [1.165, 1.54) is 0 Å². The highest BCUT2D eigenvalue weighted by atomic mass is 15.3. The molecule has 0 fully saturated rings. The molecule has 0 radical (unpaired) electrons. The van der Waals surface area contributed by atoms with Gasteiger partial charge >= 0.3 is 0 Å². The van der Waals surface area contributed by atoms with Crippen LogP contribution in [0.1, 0.15) is 13.8 Å². The number of para-hydroxylation sites is 1. The SMILES string of the molecule is CC=C1C(=NC)[N+](CC)=CN1c1ccccc1. The van der Waals surface area contributed by atoms with Crippen LogP contribution < -0.4 is 4.90 Å². The van der Waals surface area contributed by atoms with Gasteiger partial charge in [0.1, 0.15) is 5.69 Å². The van der Waals surface area contributed by atoms with Gasteiger partial charge in [-0.3, -0.25) is 0 Å². The number of rotatable bonds is 2. The lowest BCUT2D eigenvalue weighted by Gasteiger charge is -2.09. The van der Waals surface area contributed by atoms with E-state index in [0.717, 1.165) is 23.8 Å². The van der Waals surface area contributed by atoms with Crippen molar-refractivity contribution < 1.29 is 4.58 Å². The Hall–Kier alpha value is -1.90. The Bertz CT molecular complexity index is 483. The molecule has 0 unspecified atom stereocenters. The first-order valence-electron chi connectivity index (χ1n) is 5.91. The first-order chi connectivity index (χ1) is 8.31. The summed E-state index contributed by atoms with van der Waals surface area (Å²) in [5.41, 5.74) is 2.30. The summed E-state index contributed by atoms with van der Waals surface area (Å²) in [6.45, 7) is 5.10. The summed E-state index contributed by atoms with van der Waals surface area (Å²) in [6.07, 6.45) is 4.20. The van der Waals surface area contributed by atoms with Crippen LogP contribution in [0.25, 0.3) is 0 Å². The second kappa shape index (κ2) is 4.95. The average Bonchev–Trinajstić information content (AvgIpc) is 2.77. The Morgan fingerprint density at radius 3 is 2.53 bits per heavy atom. The first kappa shape index (κ1) is 11.6. The van der Waals surface area contributed by atoms with Gasteiger partial charge in [0.2, 0.25) is 0 Å². The van der Waals surface area contributed by atoms with Crippen molar-refractivity contribution >= 4 is 17.9 Å². The number of anilines is 1. The molecule has 2 rings (SSSR count). The van der Waals surface area contributed by atoms with Crippen LogP contribution in [0.15, 0.2) is 47.1 Å². The van der Waals surface area contributed by atoms with Gasteiger partial charge in [0.15, 0.2) is 12.0 Å². The van der Waals surface area contributed by atoms with Crippen molar-refractivity contribution in [3.63, 3.8) is 0 Å². The zero-order chi connectivity index (χ0) is 12.3. The molecule has 3 heteroatoms. The summed E-state index contributed by atoms with van der Waals surface area (Å²) >= 11 is 0. The molecule has 0 spiro atoms. The van der Waals surface area contributed by atoms with E-state index >= 15 is 0 Å². The van der Waals surface area contributed by atoms with Crippen molar-refractivity contribution in [3.05, 3.63) is 42.1 Å². The molecule has 0 saturated heterocycles. The van der Waals surface area contributed by atoms with Gasteiger partial charge in [0.05, 0.1) is 13.6 Å². The lowest BCUT2D eigenvalue weighted by Crippen LogP contribution is -2.18. The summed E-state index contributed by atoms with van der Waals surface area (Å²) in [7, 11) is 1.84. The van der Waals surface area contributed by atoms with Crippen LogP contribution in [0.3, 0.4) is 0 Å². The molecule has 1 heterocycles. The van der Waals surface area contributed by atoms with Crippen LogP contribution in [0.2, 0.25) is 0 Å². The fraction of sp³-hybridized carbons (Fsp3) is 0.286. The predicted octanol–water partition coefficient (Wildman–Crippen LogP) is 2.50. The first-order valence-corrected chi connectivity index (χ1v) is 5.91. The van der Waals surface area contributed by atoms with Gasteiger partial charge < -0.3 is 0 Å². The number of hydrogen-bond acceptors (Lipinski definition) is 2. The van der Waals surface area contributed by atoms with E-state index in [2.05, 4.69) is 45.9 Å². The van der Waals surface area contributed by atoms with E-state index in [4.69, 9.17) is 0 Å². The van der Waals surface area contributed by atoms with Crippen LogP contribution >= 0.6 is 0 Å². The molecule has 0 amide bonds. The molecule has 0 bridgehead atoms. The minimum Gasteiger partial charge on any atom is -0.233 e.